The molecule has 129 heavy (non-hydrogen) atoms. The number of methoxy groups -OCH3 is 1. The second-order valence-corrected chi connectivity index (χ2v) is 48.6. The number of nitrogens with two attached hydrogens (primary N) is 1. The Kier molecular flexibility index (Phi) is 30.8. The highest BCUT2D eigenvalue weighted by Gasteiger charge is 2.74. The van der Waals surface area contributed by atoms with Crippen LogP contribution in [0.5, 0.6) is 0 Å². The van der Waals surface area contributed by atoms with Crippen LogP contribution in [0, 0.1) is 97.6 Å². The SMILES string of the molecule is CCC1O[C@@H](OC2[C@H](O[C@H]3CCC4(C)C5CC=C6C7CC(C)(C)CC[C@]7(C(=O)O[C@H]7OC(COCc8ccccc8)[C@H](N)C(C)C7O[C@@H]7OC(C)[C@H](O[C@@H]8OC[C@@H](OCc9ccccc9)C(OCc9ccccc9)C8C)C8OC(C)(C)OC87)C(OC)C[C@@]6(C)[C@@]5(C)CC[C@H]4[C@@]3(C)C=O)OC(C(C)=O)[C@@H](C)[C@@H]2O[C@@H]2OC[C@@H](C)[C@@H](C)C2C)C(O[Si](CC)(CC)CC)[C@@H](C)[C@@H]1C. The van der Waals surface area contributed by atoms with E-state index in [1.807, 2.05) is 113 Å². The molecule has 2 N–H and O–H groups in total. The molecule has 24 heteroatoms. The van der Waals surface area contributed by atoms with Gasteiger partial charge in [-0.25, -0.2) is 0 Å². The monoisotopic (exact) mass is 1810 g/mol. The molecule has 5 aliphatic carbocycles. The van der Waals surface area contributed by atoms with E-state index in [-0.39, 0.29) is 82.8 Å². The Balaban J connectivity index is 0.709. The Morgan fingerprint density at radius 2 is 1.13 bits per heavy atom. The summed E-state index contributed by atoms with van der Waals surface area (Å²) in [6.07, 6.45) is -4.95. The summed E-state index contributed by atoms with van der Waals surface area (Å²) in [5.74, 6) is -2.38. The van der Waals surface area contributed by atoms with Gasteiger partial charge in [-0.2, -0.15) is 0 Å². The number of carbonyl (C=O) groups excluding carboxylic acids is 3. The summed E-state index contributed by atoms with van der Waals surface area (Å²) in [6, 6.07) is 32.4. The molecule has 0 bridgehead atoms. The minimum Gasteiger partial charge on any atom is -0.432 e. The zero-order valence-electron chi connectivity index (χ0n) is 81.9. The third-order valence-electron chi connectivity index (χ3n) is 35.5. The summed E-state index contributed by atoms with van der Waals surface area (Å²) in [7, 11) is -0.498. The third-order valence-corrected chi connectivity index (χ3v) is 40.2. The van der Waals surface area contributed by atoms with Gasteiger partial charge in [0, 0.05) is 36.8 Å². The standard InChI is InChI=1S/C105H159NO22Si/c1-24-75-62(7)63(8)87(128-129(25-2,26-3)27-4)95(117-75)124-90-85(121-92-64(9)61(6)60(5)53-114-92)66(11)83(68(13)108)120-96(90)119-80-46-47-101(19)78(102(80,20)59-107)45-48-103(21)79(101)44-43-73-74-51-99(15,16)49-50-105(74,81(110-23)52-104(73,103)22)98(109)125-94-86(65(10)82(106)76(118-94)57-111-54-70-37-31-28-32-38-70)122-97-91-89(126-100(17,18)127-91)88(69(14)116-97)123-93-67(12)84(113-56-72-41-35-30-36-42-72)77(58-115-93)112-55-71-39-33-29-34-40-71/h28-43,59-67,69,74-97H,24-27,44-58,106H2,1-23H3/t60-,61-,62+,63+,64?,65?,66-,67?,69?,74?,75?,76?,77-,78-,79?,80+,81?,82-,83?,84?,85+,86?,87?,88+,89?,90?,91?,92+,93+,94-,95+,96-,97+,101?,102-,103+,104-,105-/m1/s1. The summed E-state index contributed by atoms with van der Waals surface area (Å²) in [5.41, 5.74) is 8.19. The zero-order chi connectivity index (χ0) is 92.4. The minimum atomic E-state index is -2.27. The molecule has 720 valence electrons. The highest BCUT2D eigenvalue weighted by molar-refractivity contribution is 6.73. The van der Waals surface area contributed by atoms with Crippen molar-refractivity contribution < 1.29 is 104 Å². The van der Waals surface area contributed by atoms with Gasteiger partial charge in [-0.3, -0.25) is 9.59 Å². The van der Waals surface area contributed by atoms with E-state index in [9.17, 15) is 9.59 Å². The lowest BCUT2D eigenvalue weighted by molar-refractivity contribution is -0.376. The Morgan fingerprint density at radius 1 is 0.535 bits per heavy atom. The Labute approximate surface area is 771 Å². The molecule has 0 amide bonds. The number of hydrogen-bond donors (Lipinski definition) is 1. The first-order valence-corrected chi connectivity index (χ1v) is 52.2. The van der Waals surface area contributed by atoms with Gasteiger partial charge < -0.3 is 100 Å². The molecule has 23 nitrogen and oxygen atoms in total. The van der Waals surface area contributed by atoms with Gasteiger partial charge >= 0.3 is 5.97 Å². The highest BCUT2D eigenvalue weighted by Crippen LogP contribution is 2.76. The van der Waals surface area contributed by atoms with E-state index in [1.54, 1.807) is 14.0 Å². The van der Waals surface area contributed by atoms with Crippen molar-refractivity contribution in [1.82, 2.24) is 0 Å². The predicted molar refractivity (Wildman–Crippen MR) is 490 cm³/mol. The summed E-state index contributed by atoms with van der Waals surface area (Å²) < 4.78 is 135. The number of carbonyl (C=O) groups is 3. The molecule has 15 rings (SSSR count). The van der Waals surface area contributed by atoms with Crippen molar-refractivity contribution in [2.75, 3.05) is 26.9 Å². The van der Waals surface area contributed by atoms with Crippen molar-refractivity contribution in [3.05, 3.63) is 119 Å². The quantitative estimate of drug-likeness (QED) is 0.0206. The molecule has 4 saturated carbocycles. The first kappa shape index (κ1) is 99.2. The fraction of sp³-hybridized carbons (Fsp3) is 0.781. The summed E-state index contributed by atoms with van der Waals surface area (Å²) in [4.78, 5) is 46.2. The van der Waals surface area contributed by atoms with Crippen LogP contribution in [0.15, 0.2) is 103 Å². The Bertz CT molecular complexity index is 4230. The smallest absolute Gasteiger partial charge is 0.317 e. The second kappa shape index (κ2) is 40.0. The van der Waals surface area contributed by atoms with Crippen LogP contribution in [-0.2, 0) is 124 Å². The first-order valence-electron chi connectivity index (χ1n) is 49.6. The summed E-state index contributed by atoms with van der Waals surface area (Å²) in [5, 5.41) is 0. The third kappa shape index (κ3) is 19.1. The predicted octanol–water partition coefficient (Wildman–Crippen LogP) is 18.4. The van der Waals surface area contributed by atoms with Crippen LogP contribution in [-0.4, -0.2) is 194 Å². The molecule has 7 aliphatic heterocycles. The molecule has 3 aromatic rings. The van der Waals surface area contributed by atoms with Crippen LogP contribution >= 0.6 is 0 Å². The average Bonchev–Trinajstić information content (AvgIpc) is 0.763. The number of aldehydes is 1. The largest absolute Gasteiger partial charge is 0.432 e. The van der Waals surface area contributed by atoms with Gasteiger partial charge in [-0.05, 0) is 190 Å². The molecule has 12 aliphatic rings. The van der Waals surface area contributed by atoms with Gasteiger partial charge in [0.25, 0.3) is 0 Å². The number of hydrogen-bond acceptors (Lipinski definition) is 23. The number of benzene rings is 3. The van der Waals surface area contributed by atoms with Gasteiger partial charge in [-0.15, -0.1) is 0 Å². The van der Waals surface area contributed by atoms with Crippen molar-refractivity contribution in [3.8, 4) is 0 Å². The molecule has 38 atom stereocenters. The van der Waals surface area contributed by atoms with Crippen molar-refractivity contribution in [1.29, 1.82) is 0 Å². The average molecular weight is 1820 g/mol. The number of allylic oxidation sites excluding steroid dienone is 2. The molecule has 11 fully saturated rings. The van der Waals surface area contributed by atoms with Crippen molar-refractivity contribution in [3.63, 3.8) is 0 Å². The lowest BCUT2D eigenvalue weighted by Gasteiger charge is -2.71. The van der Waals surface area contributed by atoms with E-state index >= 15 is 4.79 Å². The maximum Gasteiger partial charge on any atom is 0.317 e. The van der Waals surface area contributed by atoms with Gasteiger partial charge in [0.2, 0.25) is 6.29 Å². The number of fused-ring (bicyclic) bond motifs is 8. The van der Waals surface area contributed by atoms with Crippen LogP contribution < -0.4 is 5.73 Å². The number of rotatable bonds is 31. The number of esters is 1. The number of ketones is 1. The van der Waals surface area contributed by atoms with Crippen LogP contribution in [0.25, 0.3) is 0 Å². The Morgan fingerprint density at radius 3 is 1.77 bits per heavy atom. The zero-order valence-corrected chi connectivity index (χ0v) is 82.9. The molecule has 7 heterocycles. The van der Waals surface area contributed by atoms with E-state index in [2.05, 4.69) is 129 Å². The fourth-order valence-corrected chi connectivity index (χ4v) is 29.3. The highest BCUT2D eigenvalue weighted by atomic mass is 28.4. The minimum absolute atomic E-state index is 0.0215. The summed E-state index contributed by atoms with van der Waals surface area (Å²) in [6.45, 7) is 49.7. The van der Waals surface area contributed by atoms with Gasteiger partial charge in [0.1, 0.15) is 60.5 Å². The molecule has 17 unspecified atom stereocenters. The van der Waals surface area contributed by atoms with Crippen molar-refractivity contribution >= 4 is 26.4 Å². The van der Waals surface area contributed by atoms with Crippen LogP contribution in [0.4, 0.5) is 0 Å². The Hall–Kier alpha value is -4.33. The van der Waals surface area contributed by atoms with Gasteiger partial charge in [0.05, 0.1) is 87.8 Å². The van der Waals surface area contributed by atoms with Crippen molar-refractivity contribution in [2.45, 2.75) is 396 Å². The summed E-state index contributed by atoms with van der Waals surface area (Å²) >= 11 is 0. The van der Waals surface area contributed by atoms with E-state index in [0.717, 1.165) is 73.3 Å². The van der Waals surface area contributed by atoms with E-state index in [4.69, 9.17) is 95.4 Å². The number of ether oxygens (including phenoxy) is 18. The molecule has 0 spiro atoms. The fourth-order valence-electron chi connectivity index (χ4n) is 26.4. The number of Topliss-reactive ketones (excluding diaryl/α,β-unsaturated/α-hetero) is 1. The van der Waals surface area contributed by atoms with Crippen LogP contribution in [0.3, 0.4) is 0 Å². The van der Waals surface area contributed by atoms with E-state index in [1.165, 1.54) is 11.9 Å². The molecular weight excluding hydrogens is 1660 g/mol. The van der Waals surface area contributed by atoms with Gasteiger partial charge in [0.15, 0.2) is 51.3 Å². The van der Waals surface area contributed by atoms with Crippen molar-refractivity contribution in [2.24, 2.45) is 103 Å². The molecule has 7 saturated heterocycles. The molecular formula is C105H159NO22Si. The van der Waals surface area contributed by atoms with Crippen LogP contribution in [0.2, 0.25) is 18.1 Å². The normalized spacial score (nSPS) is 44.9. The lowest BCUT2D eigenvalue weighted by atomic mass is 9.33. The van der Waals surface area contributed by atoms with Gasteiger partial charge in [-0.1, -0.05) is 227 Å². The maximum atomic E-state index is 17.0. The molecule has 0 aromatic heterocycles. The van der Waals surface area contributed by atoms with E-state index in [0.29, 0.717) is 63.9 Å². The molecule has 0 radical (unpaired) electrons. The first-order chi connectivity index (χ1) is 61.4. The van der Waals surface area contributed by atoms with E-state index < -0.39 is 177 Å². The topological polar surface area (TPSA) is 253 Å². The lowest BCUT2D eigenvalue weighted by Crippen LogP contribution is -2.69. The maximum absolute atomic E-state index is 17.0. The second-order valence-electron chi connectivity index (χ2n) is 43.8. The molecule has 3 aromatic carbocycles. The van der Waals surface area contributed by atoms with Crippen LogP contribution in [0.1, 0.15) is 233 Å².